The molecule has 118 valence electrons. The molecular weight excluding hydrogens is 317 g/mol. The first-order chi connectivity index (χ1) is 11.2. The van der Waals surface area contributed by atoms with Crippen LogP contribution in [0.2, 0.25) is 0 Å². The van der Waals surface area contributed by atoms with Gasteiger partial charge in [0.1, 0.15) is 11.5 Å². The summed E-state index contributed by atoms with van der Waals surface area (Å²) < 4.78 is 26.2. The minimum Gasteiger partial charge on any atom is -0.493 e. The van der Waals surface area contributed by atoms with Crippen molar-refractivity contribution in [2.75, 3.05) is 6.61 Å². The van der Waals surface area contributed by atoms with Crippen LogP contribution in [-0.4, -0.2) is 16.7 Å². The molecule has 2 atom stereocenters. The van der Waals surface area contributed by atoms with E-state index in [0.29, 0.717) is 30.1 Å². The summed E-state index contributed by atoms with van der Waals surface area (Å²) in [6.45, 7) is 0.478. The summed E-state index contributed by atoms with van der Waals surface area (Å²) >= 11 is 1.27. The van der Waals surface area contributed by atoms with Gasteiger partial charge in [-0.15, -0.1) is 11.3 Å². The van der Waals surface area contributed by atoms with Crippen LogP contribution in [0.5, 0.6) is 11.5 Å². The molecule has 2 unspecified atom stereocenters. The number of alkyl halides is 1. The summed E-state index contributed by atoms with van der Waals surface area (Å²) in [7, 11) is 0. The van der Waals surface area contributed by atoms with Crippen molar-refractivity contribution in [3.05, 3.63) is 53.0 Å². The predicted octanol–water partition coefficient (Wildman–Crippen LogP) is 4.16. The van der Waals surface area contributed by atoms with Crippen LogP contribution >= 0.6 is 11.3 Å². The van der Waals surface area contributed by atoms with Crippen molar-refractivity contribution in [3.63, 3.8) is 0 Å². The smallest absolute Gasteiger partial charge is 0.290 e. The second kappa shape index (κ2) is 5.79. The first kappa shape index (κ1) is 14.4. The fourth-order valence-corrected chi connectivity index (χ4v) is 3.46. The molecule has 3 aromatic rings. The minimum atomic E-state index is -1.65. The van der Waals surface area contributed by atoms with Crippen molar-refractivity contribution in [1.29, 1.82) is 0 Å². The molecule has 1 aliphatic heterocycles. The van der Waals surface area contributed by atoms with Crippen LogP contribution in [0.15, 0.2) is 42.5 Å². The Morgan fingerprint density at radius 1 is 1.30 bits per heavy atom. The zero-order chi connectivity index (χ0) is 15.8. The number of aliphatic hydroxyl groups excluding tert-OH is 1. The van der Waals surface area contributed by atoms with Gasteiger partial charge in [0.25, 0.3) is 6.36 Å². The molecule has 0 saturated heterocycles. The molecule has 0 amide bonds. The average Bonchev–Trinajstić information content (AvgIpc) is 3.00. The van der Waals surface area contributed by atoms with Gasteiger partial charge in [-0.05, 0) is 30.3 Å². The lowest BCUT2D eigenvalue weighted by Gasteiger charge is -2.22. The summed E-state index contributed by atoms with van der Waals surface area (Å²) in [6.07, 6.45) is -1.73. The van der Waals surface area contributed by atoms with E-state index in [9.17, 15) is 9.50 Å². The molecule has 4 rings (SSSR count). The molecule has 0 fully saturated rings. The highest BCUT2D eigenvalue weighted by molar-refractivity contribution is 7.18. The Kier molecular flexibility index (Phi) is 3.63. The molecule has 0 saturated carbocycles. The van der Waals surface area contributed by atoms with Gasteiger partial charge >= 0.3 is 0 Å². The molecule has 0 bridgehead atoms. The Morgan fingerprint density at radius 2 is 2.17 bits per heavy atom. The number of fused-ring (bicyclic) bond motifs is 2. The molecule has 6 heteroatoms. The van der Waals surface area contributed by atoms with Crippen LogP contribution in [0.25, 0.3) is 10.2 Å². The lowest BCUT2D eigenvalue weighted by atomic mass is 10.0. The van der Waals surface area contributed by atoms with Crippen molar-refractivity contribution in [2.45, 2.75) is 18.9 Å². The van der Waals surface area contributed by atoms with E-state index in [1.165, 1.54) is 11.3 Å². The van der Waals surface area contributed by atoms with E-state index in [-0.39, 0.29) is 5.01 Å². The maximum Gasteiger partial charge on any atom is 0.290 e. The van der Waals surface area contributed by atoms with E-state index in [1.807, 2.05) is 24.3 Å². The summed E-state index contributed by atoms with van der Waals surface area (Å²) in [5.41, 5.74) is 1.39. The predicted molar refractivity (Wildman–Crippen MR) is 85.6 cm³/mol. The molecule has 23 heavy (non-hydrogen) atoms. The van der Waals surface area contributed by atoms with Gasteiger partial charge in [0.05, 0.1) is 22.9 Å². The van der Waals surface area contributed by atoms with Gasteiger partial charge < -0.3 is 14.6 Å². The molecule has 0 radical (unpaired) electrons. The number of hydrogen-bond donors (Lipinski definition) is 1. The highest BCUT2D eigenvalue weighted by Gasteiger charge is 2.22. The average molecular weight is 331 g/mol. The van der Waals surface area contributed by atoms with E-state index in [1.54, 1.807) is 18.2 Å². The van der Waals surface area contributed by atoms with Crippen LogP contribution in [0.1, 0.15) is 29.5 Å². The lowest BCUT2D eigenvalue weighted by molar-refractivity contribution is 0.0655. The largest absolute Gasteiger partial charge is 0.493 e. The van der Waals surface area contributed by atoms with Gasteiger partial charge in [0, 0.05) is 12.0 Å². The van der Waals surface area contributed by atoms with Crippen LogP contribution in [0.3, 0.4) is 0 Å². The standard InChI is InChI=1S/C17H14FNO3S/c18-16(17-19-12-3-1-2-4-15(12)23-17)22-10-5-6-14-11(9-10)13(20)7-8-21-14/h1-6,9,13,16,20H,7-8H2. The van der Waals surface area contributed by atoms with E-state index >= 15 is 0 Å². The number of aliphatic hydroxyl groups is 1. The van der Waals surface area contributed by atoms with E-state index in [4.69, 9.17) is 9.47 Å². The highest BCUT2D eigenvalue weighted by Crippen LogP contribution is 2.36. The van der Waals surface area contributed by atoms with E-state index in [2.05, 4.69) is 4.98 Å². The topological polar surface area (TPSA) is 51.6 Å². The van der Waals surface area contributed by atoms with Crippen molar-refractivity contribution in [3.8, 4) is 11.5 Å². The Hall–Kier alpha value is -2.18. The molecule has 1 aromatic heterocycles. The van der Waals surface area contributed by atoms with Gasteiger partial charge in [0.2, 0.25) is 0 Å². The maximum atomic E-state index is 14.4. The van der Waals surface area contributed by atoms with Crippen molar-refractivity contribution >= 4 is 21.6 Å². The Labute approximate surface area is 136 Å². The number of para-hydroxylation sites is 1. The van der Waals surface area contributed by atoms with Crippen LogP contribution in [0, 0.1) is 0 Å². The molecule has 1 N–H and O–H groups in total. The van der Waals surface area contributed by atoms with Gasteiger partial charge in [-0.25, -0.2) is 4.98 Å². The number of aromatic nitrogens is 1. The normalized spacial score (nSPS) is 18.3. The lowest BCUT2D eigenvalue weighted by Crippen LogP contribution is -2.14. The summed E-state index contributed by atoms with van der Waals surface area (Å²) in [4.78, 5) is 4.26. The van der Waals surface area contributed by atoms with Gasteiger partial charge in [-0.1, -0.05) is 12.1 Å². The highest BCUT2D eigenvalue weighted by atomic mass is 32.1. The third kappa shape index (κ3) is 2.75. The first-order valence-corrected chi connectivity index (χ1v) is 8.13. The second-order valence-electron chi connectivity index (χ2n) is 5.31. The van der Waals surface area contributed by atoms with Gasteiger partial charge in [-0.3, -0.25) is 0 Å². The third-order valence-electron chi connectivity index (χ3n) is 3.73. The molecule has 1 aliphatic rings. The molecule has 0 aliphatic carbocycles. The molecule has 0 spiro atoms. The number of hydrogen-bond acceptors (Lipinski definition) is 5. The number of rotatable bonds is 3. The summed E-state index contributed by atoms with van der Waals surface area (Å²) in [6, 6.07) is 12.5. The maximum absolute atomic E-state index is 14.4. The number of halogens is 1. The zero-order valence-electron chi connectivity index (χ0n) is 12.1. The van der Waals surface area contributed by atoms with E-state index < -0.39 is 12.5 Å². The summed E-state index contributed by atoms with van der Waals surface area (Å²) in [5.74, 6) is 0.964. The first-order valence-electron chi connectivity index (χ1n) is 7.32. The Balaban J connectivity index is 1.58. The van der Waals surface area contributed by atoms with Crippen molar-refractivity contribution in [1.82, 2.24) is 4.98 Å². The zero-order valence-corrected chi connectivity index (χ0v) is 12.9. The second-order valence-corrected chi connectivity index (χ2v) is 6.37. The van der Waals surface area contributed by atoms with Gasteiger partial charge in [-0.2, -0.15) is 4.39 Å². The number of ether oxygens (including phenoxy) is 2. The molecule has 2 aromatic carbocycles. The number of benzene rings is 2. The third-order valence-corrected chi connectivity index (χ3v) is 4.78. The van der Waals surface area contributed by atoms with Crippen molar-refractivity contribution < 1.29 is 19.0 Å². The number of thiazole rings is 1. The molecule has 2 heterocycles. The quantitative estimate of drug-likeness (QED) is 0.783. The Bertz CT molecular complexity index is 818. The minimum absolute atomic E-state index is 0.278. The SMILES string of the molecule is OC1CCOc2ccc(OC(F)c3nc4ccccc4s3)cc21. The van der Waals surface area contributed by atoms with Crippen LogP contribution in [0.4, 0.5) is 4.39 Å². The van der Waals surface area contributed by atoms with E-state index in [0.717, 1.165) is 10.2 Å². The fraction of sp³-hybridized carbons (Fsp3) is 0.235. The Morgan fingerprint density at radius 3 is 3.04 bits per heavy atom. The molecule has 4 nitrogen and oxygen atoms in total. The van der Waals surface area contributed by atoms with Crippen molar-refractivity contribution in [2.24, 2.45) is 0 Å². The van der Waals surface area contributed by atoms with Crippen LogP contribution < -0.4 is 9.47 Å². The fourth-order valence-electron chi connectivity index (χ4n) is 2.58. The van der Waals surface area contributed by atoms with Crippen LogP contribution in [-0.2, 0) is 0 Å². The van der Waals surface area contributed by atoms with Gasteiger partial charge in [0.15, 0.2) is 5.01 Å². The molecular formula is C17H14FNO3S. The number of nitrogens with zero attached hydrogens (tertiary/aromatic N) is 1. The monoisotopic (exact) mass is 331 g/mol. The summed E-state index contributed by atoms with van der Waals surface area (Å²) in [5, 5.41) is 10.3.